The molecule has 0 amide bonds. The highest BCUT2D eigenvalue weighted by Gasteiger charge is 2.15. The topological polar surface area (TPSA) is 61.8 Å². The Hall–Kier alpha value is -1.56. The molecule has 0 unspecified atom stereocenters. The molecule has 19 heavy (non-hydrogen) atoms. The fraction of sp³-hybridized carbons (Fsp3) is 0.308. The first kappa shape index (κ1) is 15.5. The Balaban J connectivity index is 2.89. The number of carbonyl (C=O) groups is 2. The molecular formula is C13H14BrO5. The summed E-state index contributed by atoms with van der Waals surface area (Å²) >= 11 is 3.33. The molecule has 0 heterocycles. The Morgan fingerprint density at radius 2 is 1.79 bits per heavy atom. The standard InChI is InChI=1S/C13H14BrO5/c1-4-12(15)19-13(16)6-8-5-10(17-2)11(18-3)7-9(8)14/h4-5,7H,6H2,1-3H3. The van der Waals surface area contributed by atoms with Crippen molar-refractivity contribution in [3.8, 4) is 11.5 Å². The van der Waals surface area contributed by atoms with Gasteiger partial charge in [-0.3, -0.25) is 9.59 Å². The zero-order valence-electron chi connectivity index (χ0n) is 10.9. The molecule has 0 aliphatic carbocycles. The second kappa shape index (κ2) is 7.13. The minimum Gasteiger partial charge on any atom is -0.493 e. The van der Waals surface area contributed by atoms with Crippen molar-refractivity contribution in [2.45, 2.75) is 13.3 Å². The van der Waals surface area contributed by atoms with Crippen LogP contribution in [0.4, 0.5) is 0 Å². The fourth-order valence-electron chi connectivity index (χ4n) is 1.39. The van der Waals surface area contributed by atoms with Gasteiger partial charge in [0, 0.05) is 4.47 Å². The molecule has 0 saturated carbocycles. The van der Waals surface area contributed by atoms with E-state index in [0.29, 0.717) is 21.5 Å². The summed E-state index contributed by atoms with van der Waals surface area (Å²) in [6.07, 6.45) is 1.14. The third-order valence-corrected chi connectivity index (χ3v) is 3.08. The predicted octanol–water partition coefficient (Wildman–Crippen LogP) is 2.30. The molecule has 0 saturated heterocycles. The molecule has 103 valence electrons. The highest BCUT2D eigenvalue weighted by molar-refractivity contribution is 9.10. The van der Waals surface area contributed by atoms with E-state index < -0.39 is 11.9 Å². The van der Waals surface area contributed by atoms with Crippen LogP contribution in [0.15, 0.2) is 16.6 Å². The molecule has 6 heteroatoms. The van der Waals surface area contributed by atoms with Crippen LogP contribution in [0.2, 0.25) is 0 Å². The van der Waals surface area contributed by atoms with E-state index >= 15 is 0 Å². The molecule has 5 nitrogen and oxygen atoms in total. The number of rotatable bonds is 5. The lowest BCUT2D eigenvalue weighted by Gasteiger charge is -2.11. The second-order valence-electron chi connectivity index (χ2n) is 3.56. The van der Waals surface area contributed by atoms with Crippen LogP contribution in [-0.2, 0) is 20.7 Å². The summed E-state index contributed by atoms with van der Waals surface area (Å²) in [6.45, 7) is 1.50. The number of esters is 2. The maximum absolute atomic E-state index is 11.5. The smallest absolute Gasteiger partial charge is 0.317 e. The van der Waals surface area contributed by atoms with Crippen LogP contribution in [0.3, 0.4) is 0 Å². The number of ether oxygens (including phenoxy) is 3. The molecule has 0 spiro atoms. The van der Waals surface area contributed by atoms with Crippen LogP contribution in [0.25, 0.3) is 0 Å². The van der Waals surface area contributed by atoms with Crippen molar-refractivity contribution in [1.29, 1.82) is 0 Å². The average Bonchev–Trinajstić information content (AvgIpc) is 2.40. The van der Waals surface area contributed by atoms with E-state index in [4.69, 9.17) is 9.47 Å². The normalized spacial score (nSPS) is 9.89. The SMILES string of the molecule is C[CH]C(=O)OC(=O)Cc1cc(OC)c(OC)cc1Br. The summed E-state index contributed by atoms with van der Waals surface area (Å²) in [5, 5.41) is 0. The van der Waals surface area contributed by atoms with Gasteiger partial charge in [-0.1, -0.05) is 22.9 Å². The van der Waals surface area contributed by atoms with E-state index in [1.165, 1.54) is 27.6 Å². The molecule has 1 aromatic carbocycles. The predicted molar refractivity (Wildman–Crippen MR) is 72.0 cm³/mol. The summed E-state index contributed by atoms with van der Waals surface area (Å²) < 4.78 is 15.5. The Bertz CT molecular complexity index is 484. The van der Waals surface area contributed by atoms with Gasteiger partial charge in [-0.15, -0.1) is 0 Å². The molecule has 0 aliphatic heterocycles. The summed E-state index contributed by atoms with van der Waals surface area (Å²) in [7, 11) is 3.03. The number of hydrogen-bond donors (Lipinski definition) is 0. The summed E-state index contributed by atoms with van der Waals surface area (Å²) in [4.78, 5) is 22.5. The van der Waals surface area contributed by atoms with Gasteiger partial charge in [-0.25, -0.2) is 0 Å². The van der Waals surface area contributed by atoms with Crippen molar-refractivity contribution in [2.24, 2.45) is 0 Å². The summed E-state index contributed by atoms with van der Waals surface area (Å²) in [5.41, 5.74) is 0.645. The van der Waals surface area contributed by atoms with Crippen molar-refractivity contribution >= 4 is 27.9 Å². The summed E-state index contributed by atoms with van der Waals surface area (Å²) in [5.74, 6) is -0.246. The van der Waals surface area contributed by atoms with Crippen LogP contribution in [0.1, 0.15) is 12.5 Å². The zero-order valence-corrected chi connectivity index (χ0v) is 12.4. The Labute approximate surface area is 120 Å². The van der Waals surface area contributed by atoms with Gasteiger partial charge in [-0.2, -0.15) is 0 Å². The molecule has 1 aromatic rings. The van der Waals surface area contributed by atoms with Gasteiger partial charge in [-0.05, 0) is 17.7 Å². The van der Waals surface area contributed by atoms with E-state index in [1.54, 1.807) is 12.1 Å². The van der Waals surface area contributed by atoms with E-state index in [0.717, 1.165) is 0 Å². The lowest BCUT2D eigenvalue weighted by atomic mass is 10.1. The number of methoxy groups -OCH3 is 2. The van der Waals surface area contributed by atoms with Gasteiger partial charge >= 0.3 is 11.9 Å². The monoisotopic (exact) mass is 329 g/mol. The Morgan fingerprint density at radius 3 is 2.32 bits per heavy atom. The average molecular weight is 330 g/mol. The van der Waals surface area contributed by atoms with E-state index in [9.17, 15) is 9.59 Å². The molecular weight excluding hydrogens is 316 g/mol. The minimum atomic E-state index is -0.665. The third kappa shape index (κ3) is 4.24. The second-order valence-corrected chi connectivity index (χ2v) is 4.41. The van der Waals surface area contributed by atoms with E-state index in [-0.39, 0.29) is 6.42 Å². The maximum atomic E-state index is 11.5. The van der Waals surface area contributed by atoms with Crippen LogP contribution in [-0.4, -0.2) is 26.2 Å². The number of hydrogen-bond acceptors (Lipinski definition) is 5. The Morgan fingerprint density at radius 1 is 1.21 bits per heavy atom. The number of halogens is 1. The van der Waals surface area contributed by atoms with Crippen molar-refractivity contribution in [3.05, 3.63) is 28.6 Å². The van der Waals surface area contributed by atoms with Gasteiger partial charge in [0.05, 0.1) is 27.1 Å². The van der Waals surface area contributed by atoms with Gasteiger partial charge in [0.15, 0.2) is 11.5 Å². The third-order valence-electron chi connectivity index (χ3n) is 2.34. The quantitative estimate of drug-likeness (QED) is 0.612. The molecule has 0 N–H and O–H groups in total. The number of carbonyl (C=O) groups excluding carboxylic acids is 2. The van der Waals surface area contributed by atoms with Crippen molar-refractivity contribution in [2.75, 3.05) is 14.2 Å². The van der Waals surface area contributed by atoms with Crippen molar-refractivity contribution in [3.63, 3.8) is 0 Å². The molecule has 0 fully saturated rings. The molecule has 0 atom stereocenters. The largest absolute Gasteiger partial charge is 0.493 e. The fourth-order valence-corrected chi connectivity index (χ4v) is 1.86. The highest BCUT2D eigenvalue weighted by atomic mass is 79.9. The van der Waals surface area contributed by atoms with Crippen LogP contribution in [0, 0.1) is 6.42 Å². The molecule has 0 aromatic heterocycles. The lowest BCUT2D eigenvalue weighted by molar-refractivity contribution is -0.156. The number of benzene rings is 1. The summed E-state index contributed by atoms with van der Waals surface area (Å²) in [6, 6.07) is 3.35. The van der Waals surface area contributed by atoms with Crippen molar-refractivity contribution < 1.29 is 23.8 Å². The first-order valence-corrected chi connectivity index (χ1v) is 6.25. The molecule has 0 aliphatic rings. The highest BCUT2D eigenvalue weighted by Crippen LogP contribution is 2.33. The van der Waals surface area contributed by atoms with Crippen LogP contribution < -0.4 is 9.47 Å². The maximum Gasteiger partial charge on any atom is 0.317 e. The van der Waals surface area contributed by atoms with Gasteiger partial charge in [0.1, 0.15) is 0 Å². The zero-order chi connectivity index (χ0) is 14.4. The molecule has 1 radical (unpaired) electrons. The molecule has 1 rings (SSSR count). The van der Waals surface area contributed by atoms with Gasteiger partial charge < -0.3 is 14.2 Å². The van der Waals surface area contributed by atoms with Crippen molar-refractivity contribution in [1.82, 2.24) is 0 Å². The van der Waals surface area contributed by atoms with Gasteiger partial charge in [0.2, 0.25) is 0 Å². The first-order chi connectivity index (χ1) is 9.01. The minimum absolute atomic E-state index is 0.0412. The molecule has 0 bridgehead atoms. The first-order valence-electron chi connectivity index (χ1n) is 5.46. The lowest BCUT2D eigenvalue weighted by Crippen LogP contribution is -2.14. The van der Waals surface area contributed by atoms with Gasteiger partial charge in [0.25, 0.3) is 0 Å². The van der Waals surface area contributed by atoms with E-state index in [1.807, 2.05) is 0 Å². The van der Waals surface area contributed by atoms with Crippen LogP contribution in [0.5, 0.6) is 11.5 Å². The Kier molecular flexibility index (Phi) is 5.82. The van der Waals surface area contributed by atoms with E-state index in [2.05, 4.69) is 20.7 Å². The van der Waals surface area contributed by atoms with Crippen LogP contribution >= 0.6 is 15.9 Å².